The minimum Gasteiger partial charge on any atom is -0.497 e. The molecule has 0 N–H and O–H groups in total. The first-order valence-electron chi connectivity index (χ1n) is 11.4. The van der Waals surface area contributed by atoms with Crippen molar-refractivity contribution >= 4 is 0 Å². The van der Waals surface area contributed by atoms with Crippen LogP contribution in [0, 0.1) is 0 Å². The maximum atomic E-state index is 6.90. The fraction of sp³-hybridized carbons (Fsp3) is 0.357. The van der Waals surface area contributed by atoms with E-state index in [2.05, 4.69) is 55.5 Å². The van der Waals surface area contributed by atoms with E-state index >= 15 is 0 Å². The van der Waals surface area contributed by atoms with Gasteiger partial charge >= 0.3 is 0 Å². The molecule has 3 aromatic carbocycles. The van der Waals surface area contributed by atoms with Gasteiger partial charge in [-0.2, -0.15) is 0 Å². The lowest BCUT2D eigenvalue weighted by atomic mass is 9.79. The van der Waals surface area contributed by atoms with Gasteiger partial charge in [0.2, 0.25) is 6.29 Å². The smallest absolute Gasteiger partial charge is 0.201 e. The molecule has 0 saturated carbocycles. The van der Waals surface area contributed by atoms with Crippen LogP contribution in [0.15, 0.2) is 78.9 Å². The zero-order valence-corrected chi connectivity index (χ0v) is 18.6. The van der Waals surface area contributed by atoms with Gasteiger partial charge in [-0.1, -0.05) is 93.3 Å². The van der Waals surface area contributed by atoms with Crippen molar-refractivity contribution in [2.75, 3.05) is 7.11 Å². The van der Waals surface area contributed by atoms with Crippen LogP contribution in [0.5, 0.6) is 11.5 Å². The van der Waals surface area contributed by atoms with E-state index in [0.29, 0.717) is 0 Å². The number of ether oxygens (including phenoxy) is 3. The molecule has 0 radical (unpaired) electrons. The molecule has 3 heteroatoms. The third kappa shape index (κ3) is 4.47. The molecule has 4 rings (SSSR count). The SMILES string of the molecule is CCCCCCCC1Oc2ccc(OC)cc2C(c2ccccc2)(c2ccccc2)O1. The summed E-state index contributed by atoms with van der Waals surface area (Å²) >= 11 is 0. The predicted molar refractivity (Wildman–Crippen MR) is 125 cm³/mol. The Labute approximate surface area is 186 Å². The van der Waals surface area contributed by atoms with Crippen molar-refractivity contribution in [1.82, 2.24) is 0 Å². The van der Waals surface area contributed by atoms with Gasteiger partial charge in [-0.05, 0) is 35.7 Å². The monoisotopic (exact) mass is 416 g/mol. The Kier molecular flexibility index (Phi) is 6.93. The molecule has 0 saturated heterocycles. The molecule has 0 fully saturated rings. The standard InChI is InChI=1S/C28H32O3/c1-3-4-5-6-13-18-27-30-26-20-19-24(29-2)21-25(26)28(31-27,22-14-9-7-10-15-22)23-16-11-8-12-17-23/h7-12,14-17,19-21,27H,3-6,13,18H2,1-2H3. The zero-order valence-electron chi connectivity index (χ0n) is 18.6. The van der Waals surface area contributed by atoms with Gasteiger partial charge in [-0.15, -0.1) is 0 Å². The summed E-state index contributed by atoms with van der Waals surface area (Å²) in [5, 5.41) is 0. The number of unbranched alkanes of at least 4 members (excludes halogenated alkanes) is 4. The van der Waals surface area contributed by atoms with Crippen LogP contribution < -0.4 is 9.47 Å². The van der Waals surface area contributed by atoms with E-state index < -0.39 is 5.60 Å². The summed E-state index contributed by atoms with van der Waals surface area (Å²) < 4.78 is 18.8. The minimum atomic E-state index is -0.751. The van der Waals surface area contributed by atoms with Gasteiger partial charge in [-0.25, -0.2) is 0 Å². The summed E-state index contributed by atoms with van der Waals surface area (Å²) in [4.78, 5) is 0. The van der Waals surface area contributed by atoms with Gasteiger partial charge in [0.05, 0.1) is 7.11 Å². The highest BCUT2D eigenvalue weighted by Crippen LogP contribution is 2.49. The molecule has 31 heavy (non-hydrogen) atoms. The highest BCUT2D eigenvalue weighted by atomic mass is 16.7. The molecule has 162 valence electrons. The predicted octanol–water partition coefficient (Wildman–Crippen LogP) is 7.08. The van der Waals surface area contributed by atoms with Crippen LogP contribution >= 0.6 is 0 Å². The minimum absolute atomic E-state index is 0.303. The van der Waals surface area contributed by atoms with Crippen LogP contribution in [0.4, 0.5) is 0 Å². The van der Waals surface area contributed by atoms with Gasteiger partial charge in [0, 0.05) is 12.0 Å². The molecule has 1 atom stereocenters. The second-order valence-electron chi connectivity index (χ2n) is 8.14. The highest BCUT2D eigenvalue weighted by Gasteiger charge is 2.46. The average Bonchev–Trinajstić information content (AvgIpc) is 2.84. The highest BCUT2D eigenvalue weighted by molar-refractivity contribution is 5.56. The van der Waals surface area contributed by atoms with E-state index in [9.17, 15) is 0 Å². The number of benzene rings is 3. The lowest BCUT2D eigenvalue weighted by Crippen LogP contribution is -2.43. The molecular weight excluding hydrogens is 384 g/mol. The summed E-state index contributed by atoms with van der Waals surface area (Å²) in [7, 11) is 1.69. The maximum Gasteiger partial charge on any atom is 0.201 e. The lowest BCUT2D eigenvalue weighted by Gasteiger charge is -2.43. The van der Waals surface area contributed by atoms with Gasteiger partial charge < -0.3 is 14.2 Å². The summed E-state index contributed by atoms with van der Waals surface area (Å²) in [6.07, 6.45) is 6.66. The van der Waals surface area contributed by atoms with Crippen molar-refractivity contribution < 1.29 is 14.2 Å². The van der Waals surface area contributed by atoms with E-state index in [0.717, 1.165) is 41.0 Å². The van der Waals surface area contributed by atoms with Gasteiger partial charge in [-0.3, -0.25) is 0 Å². The maximum absolute atomic E-state index is 6.90. The summed E-state index contributed by atoms with van der Waals surface area (Å²) in [5.74, 6) is 1.65. The Bertz CT molecular complexity index is 913. The molecule has 0 aliphatic carbocycles. The van der Waals surface area contributed by atoms with Crippen molar-refractivity contribution in [2.24, 2.45) is 0 Å². The first kappa shape index (κ1) is 21.5. The topological polar surface area (TPSA) is 27.7 Å². The molecule has 3 nitrogen and oxygen atoms in total. The van der Waals surface area contributed by atoms with Crippen molar-refractivity contribution in [3.63, 3.8) is 0 Å². The van der Waals surface area contributed by atoms with Crippen molar-refractivity contribution in [3.05, 3.63) is 95.6 Å². The summed E-state index contributed by atoms with van der Waals surface area (Å²) in [5.41, 5.74) is 2.41. The number of hydrogen-bond donors (Lipinski definition) is 0. The Hall–Kier alpha value is -2.78. The lowest BCUT2D eigenvalue weighted by molar-refractivity contribution is -0.166. The molecule has 1 heterocycles. The van der Waals surface area contributed by atoms with Crippen LogP contribution in [0.3, 0.4) is 0 Å². The van der Waals surface area contributed by atoms with Crippen LogP contribution in [0.2, 0.25) is 0 Å². The first-order valence-corrected chi connectivity index (χ1v) is 11.4. The van der Waals surface area contributed by atoms with E-state index in [4.69, 9.17) is 14.2 Å². The van der Waals surface area contributed by atoms with Crippen molar-refractivity contribution in [1.29, 1.82) is 0 Å². The second-order valence-corrected chi connectivity index (χ2v) is 8.14. The Balaban J connectivity index is 1.79. The van der Waals surface area contributed by atoms with Crippen LogP contribution in [0.25, 0.3) is 0 Å². The molecule has 0 aromatic heterocycles. The third-order valence-corrected chi connectivity index (χ3v) is 6.04. The van der Waals surface area contributed by atoms with Crippen LogP contribution in [-0.2, 0) is 10.3 Å². The Morgan fingerprint density at radius 3 is 2.06 bits per heavy atom. The van der Waals surface area contributed by atoms with Crippen molar-refractivity contribution in [2.45, 2.75) is 57.3 Å². The number of methoxy groups -OCH3 is 1. The van der Waals surface area contributed by atoms with Crippen LogP contribution in [0.1, 0.15) is 62.1 Å². The second kappa shape index (κ2) is 10.0. The molecule has 0 amide bonds. The van der Waals surface area contributed by atoms with Crippen LogP contribution in [-0.4, -0.2) is 13.4 Å². The van der Waals surface area contributed by atoms with Gasteiger partial charge in [0.25, 0.3) is 0 Å². The average molecular weight is 417 g/mol. The summed E-state index contributed by atoms with van der Waals surface area (Å²) in [6, 6.07) is 26.9. The van der Waals surface area contributed by atoms with E-state index in [1.54, 1.807) is 7.11 Å². The van der Waals surface area contributed by atoms with E-state index in [-0.39, 0.29) is 6.29 Å². The van der Waals surface area contributed by atoms with Gasteiger partial charge in [0.15, 0.2) is 5.60 Å². The van der Waals surface area contributed by atoms with E-state index in [1.165, 1.54) is 25.7 Å². The zero-order chi connectivity index (χ0) is 21.5. The fourth-order valence-electron chi connectivity index (χ4n) is 4.43. The Morgan fingerprint density at radius 1 is 0.806 bits per heavy atom. The number of fused-ring (bicyclic) bond motifs is 1. The molecule has 1 aliphatic rings. The molecule has 3 aromatic rings. The van der Waals surface area contributed by atoms with Gasteiger partial charge in [0.1, 0.15) is 11.5 Å². The first-order chi connectivity index (χ1) is 15.3. The largest absolute Gasteiger partial charge is 0.497 e. The molecule has 1 aliphatic heterocycles. The molecule has 1 unspecified atom stereocenters. The quantitative estimate of drug-likeness (QED) is 0.349. The van der Waals surface area contributed by atoms with Crippen molar-refractivity contribution in [3.8, 4) is 11.5 Å². The normalized spacial score (nSPS) is 16.9. The Morgan fingerprint density at radius 2 is 1.45 bits per heavy atom. The fourth-order valence-corrected chi connectivity index (χ4v) is 4.43. The summed E-state index contributed by atoms with van der Waals surface area (Å²) in [6.45, 7) is 2.24. The number of rotatable bonds is 9. The molecular formula is C28H32O3. The number of hydrogen-bond acceptors (Lipinski definition) is 3. The van der Waals surface area contributed by atoms with E-state index in [1.807, 2.05) is 30.3 Å². The molecule has 0 bridgehead atoms. The third-order valence-electron chi connectivity index (χ3n) is 6.04. The molecule has 0 spiro atoms.